The average Bonchev–Trinajstić information content (AvgIpc) is 2.82. The molecule has 0 N–H and O–H groups in total. The van der Waals surface area contributed by atoms with Crippen molar-refractivity contribution in [1.82, 2.24) is 5.01 Å². The van der Waals surface area contributed by atoms with Gasteiger partial charge in [-0.25, -0.2) is 0 Å². The first-order valence-corrected chi connectivity index (χ1v) is 7.88. The molecule has 1 aliphatic heterocycles. The fourth-order valence-electron chi connectivity index (χ4n) is 3.85. The van der Waals surface area contributed by atoms with Gasteiger partial charge >= 0.3 is 0 Å². The number of halogens is 1. The molecule has 3 aliphatic carbocycles. The number of benzene rings is 1. The van der Waals surface area contributed by atoms with E-state index in [1.54, 1.807) is 30.5 Å². The summed E-state index contributed by atoms with van der Waals surface area (Å²) < 4.78 is 0. The number of rotatable bonds is 2. The van der Waals surface area contributed by atoms with Crippen molar-refractivity contribution in [3.05, 3.63) is 47.0 Å². The molecule has 112 valence electrons. The molecular weight excluding hydrogens is 300 g/mol. The Morgan fingerprint density at radius 1 is 1.00 bits per heavy atom. The lowest BCUT2D eigenvalue weighted by Crippen LogP contribution is -2.38. The van der Waals surface area contributed by atoms with E-state index in [2.05, 4.69) is 17.3 Å². The van der Waals surface area contributed by atoms with Gasteiger partial charge in [-0.1, -0.05) is 35.9 Å². The minimum Gasteiger partial charge on any atom is -0.272 e. The van der Waals surface area contributed by atoms with Crippen molar-refractivity contribution in [2.24, 2.45) is 28.8 Å². The van der Waals surface area contributed by atoms with Gasteiger partial charge < -0.3 is 0 Å². The van der Waals surface area contributed by atoms with Crippen LogP contribution in [0.15, 0.2) is 41.5 Å². The van der Waals surface area contributed by atoms with Crippen molar-refractivity contribution in [2.45, 2.75) is 12.8 Å². The monoisotopic (exact) mass is 314 g/mol. The largest absolute Gasteiger partial charge is 0.272 e. The van der Waals surface area contributed by atoms with Crippen molar-refractivity contribution in [1.29, 1.82) is 0 Å². The fraction of sp³-hybridized carbons (Fsp3) is 0.353. The van der Waals surface area contributed by atoms with Crippen molar-refractivity contribution < 1.29 is 9.59 Å². The summed E-state index contributed by atoms with van der Waals surface area (Å²) in [5, 5.41) is 5.85. The Morgan fingerprint density at radius 3 is 2.05 bits per heavy atom. The second kappa shape index (κ2) is 5.06. The first kappa shape index (κ1) is 13.7. The van der Waals surface area contributed by atoms with Gasteiger partial charge in [-0.05, 0) is 42.4 Å². The van der Waals surface area contributed by atoms with Gasteiger partial charge in [0.2, 0.25) is 0 Å². The molecule has 22 heavy (non-hydrogen) atoms. The molecule has 1 saturated carbocycles. The van der Waals surface area contributed by atoms with Crippen LogP contribution in [0.3, 0.4) is 0 Å². The van der Waals surface area contributed by atoms with E-state index in [0.717, 1.165) is 23.4 Å². The zero-order valence-corrected chi connectivity index (χ0v) is 12.6. The number of carbonyl (C=O) groups is 2. The van der Waals surface area contributed by atoms with Crippen LogP contribution in [0, 0.1) is 23.7 Å². The lowest BCUT2D eigenvalue weighted by atomic mass is 9.63. The normalized spacial score (nSPS) is 33.0. The Kier molecular flexibility index (Phi) is 3.15. The molecule has 1 heterocycles. The van der Waals surface area contributed by atoms with E-state index < -0.39 is 0 Å². The molecule has 5 rings (SSSR count). The van der Waals surface area contributed by atoms with Crippen LogP contribution in [0.5, 0.6) is 0 Å². The Labute approximate surface area is 133 Å². The second-order valence-corrected chi connectivity index (χ2v) is 6.56. The van der Waals surface area contributed by atoms with Gasteiger partial charge in [0.25, 0.3) is 11.8 Å². The van der Waals surface area contributed by atoms with E-state index in [4.69, 9.17) is 11.6 Å². The van der Waals surface area contributed by atoms with Crippen LogP contribution in [-0.4, -0.2) is 23.0 Å². The van der Waals surface area contributed by atoms with Crippen LogP contribution < -0.4 is 0 Å². The summed E-state index contributed by atoms with van der Waals surface area (Å²) in [6.45, 7) is 0. The van der Waals surface area contributed by atoms with Crippen LogP contribution in [0.4, 0.5) is 0 Å². The van der Waals surface area contributed by atoms with Crippen molar-refractivity contribution in [3.8, 4) is 0 Å². The van der Waals surface area contributed by atoms with Crippen LogP contribution in [-0.2, 0) is 9.59 Å². The maximum atomic E-state index is 12.6. The lowest BCUT2D eigenvalue weighted by molar-refractivity contribution is -0.140. The minimum absolute atomic E-state index is 0.153. The summed E-state index contributed by atoms with van der Waals surface area (Å²) in [5.41, 5.74) is 0.806. The summed E-state index contributed by atoms with van der Waals surface area (Å²) in [7, 11) is 0. The van der Waals surface area contributed by atoms with Crippen molar-refractivity contribution in [3.63, 3.8) is 0 Å². The van der Waals surface area contributed by atoms with Gasteiger partial charge in [-0.3, -0.25) is 9.59 Å². The maximum absolute atomic E-state index is 12.6. The Hall–Kier alpha value is -1.94. The lowest BCUT2D eigenvalue weighted by Gasteiger charge is -2.37. The van der Waals surface area contributed by atoms with Gasteiger partial charge in [0.05, 0.1) is 18.1 Å². The first-order chi connectivity index (χ1) is 10.6. The summed E-state index contributed by atoms with van der Waals surface area (Å²) in [6, 6.07) is 7.10. The fourth-order valence-corrected chi connectivity index (χ4v) is 3.97. The number of hydrazone groups is 1. The maximum Gasteiger partial charge on any atom is 0.254 e. The van der Waals surface area contributed by atoms with Crippen molar-refractivity contribution >= 4 is 29.6 Å². The Morgan fingerprint density at radius 2 is 1.55 bits per heavy atom. The molecule has 0 aromatic heterocycles. The van der Waals surface area contributed by atoms with Gasteiger partial charge in [0.1, 0.15) is 0 Å². The van der Waals surface area contributed by atoms with E-state index in [9.17, 15) is 9.59 Å². The topological polar surface area (TPSA) is 49.7 Å². The van der Waals surface area contributed by atoms with Crippen LogP contribution in [0.1, 0.15) is 18.4 Å². The molecule has 1 saturated heterocycles. The second-order valence-electron chi connectivity index (χ2n) is 6.13. The van der Waals surface area contributed by atoms with E-state index in [0.29, 0.717) is 5.02 Å². The highest BCUT2D eigenvalue weighted by atomic mass is 35.5. The standard InChI is InChI=1S/C17H15ClN2O2/c18-13-7-1-10(2-8-13)9-19-20-16(21)14-11-3-4-12(6-5-11)15(14)17(20)22/h1-4,7-9,11-12,14-15H,5-6H2/b19-9-/t11-,12+,14-,15+. The third-order valence-corrected chi connectivity index (χ3v) is 5.18. The number of fused-ring (bicyclic) bond motifs is 1. The van der Waals surface area contributed by atoms with E-state index in [-0.39, 0.29) is 35.5 Å². The number of imide groups is 1. The average molecular weight is 315 g/mol. The summed E-state index contributed by atoms with van der Waals surface area (Å²) in [4.78, 5) is 25.1. The van der Waals surface area contributed by atoms with Crippen LogP contribution in [0.25, 0.3) is 0 Å². The van der Waals surface area contributed by atoms with Crippen molar-refractivity contribution in [2.75, 3.05) is 0 Å². The Balaban J connectivity index is 1.60. The number of hydrogen-bond acceptors (Lipinski definition) is 3. The van der Waals surface area contributed by atoms with Gasteiger partial charge in [-0.15, -0.1) is 0 Å². The highest BCUT2D eigenvalue weighted by Crippen LogP contribution is 2.49. The van der Waals surface area contributed by atoms with E-state index in [1.807, 2.05) is 0 Å². The number of carbonyl (C=O) groups excluding carboxylic acids is 2. The molecule has 1 aromatic rings. The SMILES string of the molecule is O=C1[C@@H]2[C@H](C(=O)N1/N=C\c1ccc(Cl)cc1)[C@@H]1C=C[C@H]2CC1. The molecule has 2 amide bonds. The molecule has 0 radical (unpaired) electrons. The zero-order valence-electron chi connectivity index (χ0n) is 11.9. The number of amides is 2. The quantitative estimate of drug-likeness (QED) is 0.479. The first-order valence-electron chi connectivity index (χ1n) is 7.51. The molecule has 4 atom stereocenters. The number of allylic oxidation sites excluding steroid dienone is 2. The predicted octanol–water partition coefficient (Wildman–Crippen LogP) is 2.87. The molecule has 5 heteroatoms. The molecule has 0 spiro atoms. The summed E-state index contributed by atoms with van der Waals surface area (Å²) in [5.74, 6) is -0.333. The minimum atomic E-state index is -0.210. The predicted molar refractivity (Wildman–Crippen MR) is 83.2 cm³/mol. The zero-order chi connectivity index (χ0) is 15.3. The molecule has 4 aliphatic rings. The van der Waals surface area contributed by atoms with Crippen LogP contribution in [0.2, 0.25) is 5.02 Å². The third kappa shape index (κ3) is 2.02. The van der Waals surface area contributed by atoms with Gasteiger partial charge in [-0.2, -0.15) is 10.1 Å². The molecular formula is C17H15ClN2O2. The Bertz CT molecular complexity index is 663. The smallest absolute Gasteiger partial charge is 0.254 e. The molecule has 4 nitrogen and oxygen atoms in total. The van der Waals surface area contributed by atoms with E-state index >= 15 is 0 Å². The molecule has 1 aromatic carbocycles. The highest BCUT2D eigenvalue weighted by molar-refractivity contribution is 6.30. The molecule has 2 fully saturated rings. The van der Waals surface area contributed by atoms with Gasteiger partial charge in [0.15, 0.2) is 0 Å². The number of nitrogens with zero attached hydrogens (tertiary/aromatic N) is 2. The third-order valence-electron chi connectivity index (χ3n) is 4.93. The molecule has 0 unspecified atom stereocenters. The van der Waals surface area contributed by atoms with E-state index in [1.165, 1.54) is 0 Å². The number of hydrogen-bond donors (Lipinski definition) is 0. The van der Waals surface area contributed by atoms with Gasteiger partial charge in [0, 0.05) is 5.02 Å². The highest BCUT2D eigenvalue weighted by Gasteiger charge is 2.56. The molecule has 2 bridgehead atoms. The summed E-state index contributed by atoms with van der Waals surface area (Å²) in [6.07, 6.45) is 7.74. The van der Waals surface area contributed by atoms with Crippen LogP contribution >= 0.6 is 11.6 Å². The summed E-state index contributed by atoms with van der Waals surface area (Å²) >= 11 is 5.84.